The molecule has 2 N–H and O–H groups in total. The molecule has 2 nitrogen and oxygen atoms in total. The summed E-state index contributed by atoms with van der Waals surface area (Å²) in [6.45, 7) is 12.7. The van der Waals surface area contributed by atoms with E-state index in [2.05, 4.69) is 32.6 Å². The summed E-state index contributed by atoms with van der Waals surface area (Å²) < 4.78 is 0. The topological polar surface area (TPSA) is 29.3 Å². The zero-order chi connectivity index (χ0) is 12.9. The molecule has 1 fully saturated rings. The van der Waals surface area contributed by atoms with Crippen molar-refractivity contribution in [1.82, 2.24) is 4.90 Å². The van der Waals surface area contributed by atoms with Crippen LogP contribution in [-0.2, 0) is 0 Å². The minimum atomic E-state index is 0.0462. The lowest BCUT2D eigenvalue weighted by atomic mass is 9.72. The Morgan fingerprint density at radius 1 is 1.00 bits per heavy atom. The molecule has 0 unspecified atom stereocenters. The standard InChI is InChI=1S/C15H32N2/c1-5-9-14(10-6-2)11-17(12-14)13-15(16,7-3)8-4/h5-13,16H2,1-4H3. The number of hydrogen-bond donors (Lipinski definition) is 1. The van der Waals surface area contributed by atoms with E-state index in [1.54, 1.807) is 0 Å². The van der Waals surface area contributed by atoms with E-state index in [9.17, 15) is 0 Å². The van der Waals surface area contributed by atoms with Crippen LogP contribution in [0.1, 0.15) is 66.2 Å². The molecule has 0 aliphatic carbocycles. The maximum Gasteiger partial charge on any atom is 0.0278 e. The van der Waals surface area contributed by atoms with Crippen molar-refractivity contribution < 1.29 is 0 Å². The van der Waals surface area contributed by atoms with Gasteiger partial charge in [-0.1, -0.05) is 40.5 Å². The van der Waals surface area contributed by atoms with Gasteiger partial charge in [-0.2, -0.15) is 0 Å². The number of likely N-dealkylation sites (tertiary alicyclic amines) is 1. The molecular weight excluding hydrogens is 208 g/mol. The monoisotopic (exact) mass is 240 g/mol. The first-order valence-corrected chi connectivity index (χ1v) is 7.54. The predicted molar refractivity (Wildman–Crippen MR) is 76.2 cm³/mol. The Kier molecular flexibility index (Phi) is 5.46. The second-order valence-corrected chi connectivity index (χ2v) is 6.21. The molecule has 0 radical (unpaired) electrons. The van der Waals surface area contributed by atoms with Crippen molar-refractivity contribution in [2.24, 2.45) is 11.1 Å². The quantitative estimate of drug-likeness (QED) is 0.704. The van der Waals surface area contributed by atoms with Gasteiger partial charge in [-0.25, -0.2) is 0 Å². The third-order valence-electron chi connectivity index (χ3n) is 4.63. The van der Waals surface area contributed by atoms with E-state index in [0.29, 0.717) is 5.41 Å². The molecule has 17 heavy (non-hydrogen) atoms. The summed E-state index contributed by atoms with van der Waals surface area (Å²) in [6, 6.07) is 0. The number of nitrogens with two attached hydrogens (primary N) is 1. The van der Waals surface area contributed by atoms with Crippen LogP contribution >= 0.6 is 0 Å². The summed E-state index contributed by atoms with van der Waals surface area (Å²) in [5.74, 6) is 0. The van der Waals surface area contributed by atoms with Gasteiger partial charge in [-0.3, -0.25) is 0 Å². The number of rotatable bonds is 8. The second-order valence-electron chi connectivity index (χ2n) is 6.21. The van der Waals surface area contributed by atoms with E-state index in [0.717, 1.165) is 19.4 Å². The zero-order valence-electron chi connectivity index (χ0n) is 12.4. The fourth-order valence-electron chi connectivity index (χ4n) is 3.43. The van der Waals surface area contributed by atoms with Gasteiger partial charge in [0.2, 0.25) is 0 Å². The second kappa shape index (κ2) is 6.19. The van der Waals surface area contributed by atoms with Crippen molar-refractivity contribution in [2.45, 2.75) is 71.8 Å². The van der Waals surface area contributed by atoms with Gasteiger partial charge in [0.15, 0.2) is 0 Å². The Bertz CT molecular complexity index is 207. The molecule has 0 spiro atoms. The predicted octanol–water partition coefficient (Wildman–Crippen LogP) is 3.41. The van der Waals surface area contributed by atoms with E-state index in [1.807, 2.05) is 0 Å². The van der Waals surface area contributed by atoms with Crippen molar-refractivity contribution in [2.75, 3.05) is 19.6 Å². The molecule has 0 amide bonds. The Morgan fingerprint density at radius 2 is 1.47 bits per heavy atom. The van der Waals surface area contributed by atoms with Crippen LogP contribution in [0.15, 0.2) is 0 Å². The van der Waals surface area contributed by atoms with Crippen molar-refractivity contribution in [3.8, 4) is 0 Å². The highest BCUT2D eigenvalue weighted by atomic mass is 15.2. The molecule has 0 aromatic rings. The van der Waals surface area contributed by atoms with Crippen LogP contribution in [0.2, 0.25) is 0 Å². The summed E-state index contributed by atoms with van der Waals surface area (Å²) in [4.78, 5) is 2.58. The van der Waals surface area contributed by atoms with E-state index in [1.165, 1.54) is 38.8 Å². The Hall–Kier alpha value is -0.0800. The van der Waals surface area contributed by atoms with E-state index in [4.69, 9.17) is 5.73 Å². The molecule has 2 heteroatoms. The maximum atomic E-state index is 6.40. The summed E-state index contributed by atoms with van der Waals surface area (Å²) in [5, 5.41) is 0. The minimum Gasteiger partial charge on any atom is -0.324 e. The Balaban J connectivity index is 2.43. The largest absolute Gasteiger partial charge is 0.324 e. The van der Waals surface area contributed by atoms with Crippen LogP contribution in [0.5, 0.6) is 0 Å². The number of nitrogens with zero attached hydrogens (tertiary/aromatic N) is 1. The SMILES string of the molecule is CCCC1(CCC)CN(CC(N)(CC)CC)C1. The molecule has 1 rings (SSSR count). The van der Waals surface area contributed by atoms with Crippen LogP contribution in [0.4, 0.5) is 0 Å². The third kappa shape index (κ3) is 3.69. The Labute approximate surface area is 108 Å². The first-order chi connectivity index (χ1) is 8.03. The van der Waals surface area contributed by atoms with E-state index < -0.39 is 0 Å². The molecule has 1 aliphatic heterocycles. The first kappa shape index (κ1) is 15.0. The molecule has 0 bridgehead atoms. The molecule has 1 saturated heterocycles. The normalized spacial score (nSPS) is 20.3. The molecule has 102 valence electrons. The molecule has 1 aliphatic rings. The van der Waals surface area contributed by atoms with Gasteiger partial charge in [0.05, 0.1) is 0 Å². The zero-order valence-corrected chi connectivity index (χ0v) is 12.4. The van der Waals surface area contributed by atoms with E-state index >= 15 is 0 Å². The van der Waals surface area contributed by atoms with Crippen LogP contribution in [0.3, 0.4) is 0 Å². The van der Waals surface area contributed by atoms with Gasteiger partial charge >= 0.3 is 0 Å². The van der Waals surface area contributed by atoms with Gasteiger partial charge in [-0.15, -0.1) is 0 Å². The van der Waals surface area contributed by atoms with Crippen molar-refractivity contribution in [1.29, 1.82) is 0 Å². The van der Waals surface area contributed by atoms with Gasteiger partial charge in [0, 0.05) is 25.2 Å². The first-order valence-electron chi connectivity index (χ1n) is 7.54. The highest BCUT2D eigenvalue weighted by Gasteiger charge is 2.42. The van der Waals surface area contributed by atoms with Crippen LogP contribution in [0.25, 0.3) is 0 Å². The minimum absolute atomic E-state index is 0.0462. The molecule has 0 aromatic carbocycles. The van der Waals surface area contributed by atoms with Gasteiger partial charge in [-0.05, 0) is 31.1 Å². The average molecular weight is 240 g/mol. The summed E-state index contributed by atoms with van der Waals surface area (Å²) in [7, 11) is 0. The van der Waals surface area contributed by atoms with Crippen LogP contribution in [0, 0.1) is 5.41 Å². The molecule has 0 saturated carbocycles. The van der Waals surface area contributed by atoms with Crippen LogP contribution in [-0.4, -0.2) is 30.1 Å². The van der Waals surface area contributed by atoms with E-state index in [-0.39, 0.29) is 5.54 Å². The van der Waals surface area contributed by atoms with Crippen molar-refractivity contribution in [3.05, 3.63) is 0 Å². The van der Waals surface area contributed by atoms with Crippen molar-refractivity contribution in [3.63, 3.8) is 0 Å². The molecule has 0 atom stereocenters. The lowest BCUT2D eigenvalue weighted by molar-refractivity contribution is -0.0285. The summed E-state index contributed by atoms with van der Waals surface area (Å²) in [5.41, 5.74) is 7.08. The lowest BCUT2D eigenvalue weighted by Gasteiger charge is -2.53. The lowest BCUT2D eigenvalue weighted by Crippen LogP contribution is -2.61. The maximum absolute atomic E-state index is 6.40. The average Bonchev–Trinajstić information content (AvgIpc) is 2.27. The fraction of sp³-hybridized carbons (Fsp3) is 1.00. The van der Waals surface area contributed by atoms with Crippen molar-refractivity contribution >= 4 is 0 Å². The summed E-state index contributed by atoms with van der Waals surface area (Å²) in [6.07, 6.45) is 7.62. The summed E-state index contributed by atoms with van der Waals surface area (Å²) >= 11 is 0. The number of hydrogen-bond acceptors (Lipinski definition) is 2. The Morgan fingerprint density at radius 3 is 1.82 bits per heavy atom. The highest BCUT2D eigenvalue weighted by Crippen LogP contribution is 2.40. The molecule has 1 heterocycles. The van der Waals surface area contributed by atoms with Gasteiger partial charge in [0.1, 0.15) is 0 Å². The fourth-order valence-corrected chi connectivity index (χ4v) is 3.43. The highest BCUT2D eigenvalue weighted by molar-refractivity contribution is 4.98. The smallest absolute Gasteiger partial charge is 0.0278 e. The third-order valence-corrected chi connectivity index (χ3v) is 4.63. The van der Waals surface area contributed by atoms with Gasteiger partial charge in [0.25, 0.3) is 0 Å². The molecule has 0 aromatic heterocycles. The van der Waals surface area contributed by atoms with Gasteiger partial charge < -0.3 is 10.6 Å². The van der Waals surface area contributed by atoms with Crippen LogP contribution < -0.4 is 5.73 Å². The molecular formula is C15H32N2.